The van der Waals surface area contributed by atoms with Gasteiger partial charge in [0.2, 0.25) is 5.91 Å². The van der Waals surface area contributed by atoms with Gasteiger partial charge in [0.05, 0.1) is 0 Å². The molecule has 0 aliphatic heterocycles. The van der Waals surface area contributed by atoms with Crippen molar-refractivity contribution in [2.45, 2.75) is 0 Å². The first-order valence-electron chi connectivity index (χ1n) is 3.41. The van der Waals surface area contributed by atoms with Crippen LogP contribution in [0, 0.1) is 0 Å². The summed E-state index contributed by atoms with van der Waals surface area (Å²) in [4.78, 5) is 14.4. The van der Waals surface area contributed by atoms with E-state index >= 15 is 0 Å². The summed E-state index contributed by atoms with van der Waals surface area (Å²) >= 11 is 0. The van der Waals surface area contributed by atoms with Gasteiger partial charge < -0.3 is 22.2 Å². The number of nitrogens with one attached hydrogen (secondary N) is 2. The van der Waals surface area contributed by atoms with Crippen LogP contribution in [-0.4, -0.2) is 39.4 Å². The van der Waals surface area contributed by atoms with E-state index in [4.69, 9.17) is 23.4 Å². The van der Waals surface area contributed by atoms with E-state index in [2.05, 4.69) is 4.98 Å². The van der Waals surface area contributed by atoms with Crippen molar-refractivity contribution in [3.8, 4) is 0 Å². The van der Waals surface area contributed by atoms with Crippen LogP contribution in [0.4, 0.5) is 0 Å². The Hall–Kier alpha value is -1.11. The zero-order valence-corrected chi connectivity index (χ0v) is 10.6. The van der Waals surface area contributed by atoms with Gasteiger partial charge in [-0.1, -0.05) is 0 Å². The first kappa shape index (κ1) is 25.7. The molecule has 8 N–H and O–H groups in total. The number of rotatable bonds is 1. The topological polar surface area (TPSA) is 203 Å². The second kappa shape index (κ2) is 12.3. The summed E-state index contributed by atoms with van der Waals surface area (Å²) < 4.78 is 31.6. The fraction of sp³-hybridized carbons (Fsp3) is 0. The molecule has 10 nitrogen and oxygen atoms in total. The van der Waals surface area contributed by atoms with E-state index in [0.29, 0.717) is 5.56 Å². The van der Waals surface area contributed by atoms with Gasteiger partial charge in [-0.05, 0) is 12.1 Å². The maximum Gasteiger partial charge on any atom is 0.394 e. The van der Waals surface area contributed by atoms with E-state index in [1.54, 1.807) is 17.6 Å². The van der Waals surface area contributed by atoms with Crippen molar-refractivity contribution >= 4 is 16.3 Å². The number of hydrogen-bond donors (Lipinski definition) is 3. The molecule has 1 aromatic heterocycles. The summed E-state index contributed by atoms with van der Waals surface area (Å²) in [6, 6.07) is 3.09. The van der Waals surface area contributed by atoms with Gasteiger partial charge >= 0.3 is 10.4 Å². The molecule has 0 radical (unpaired) electrons. The van der Waals surface area contributed by atoms with Crippen LogP contribution in [0.3, 0.4) is 0 Å². The van der Waals surface area contributed by atoms with E-state index in [1.807, 2.05) is 0 Å². The Morgan fingerprint density at radius 1 is 1.22 bits per heavy atom. The molecule has 1 heterocycles. The average molecular weight is 326 g/mol. The Balaban J connectivity index is -0.000000109. The molecule has 0 aliphatic rings. The molecule has 1 amide bonds. The summed E-state index contributed by atoms with van der Waals surface area (Å²) in [6.07, 6.45) is 3.01. The maximum absolute atomic E-state index is 10.7. The molecular formula is C6H12FeN3O7S-. The van der Waals surface area contributed by atoms with Crippen molar-refractivity contribution in [3.05, 3.63) is 35.9 Å². The number of amides is 1. The maximum atomic E-state index is 10.7. The largest absolute Gasteiger partial charge is 0.584 e. The quantitative estimate of drug-likeness (QED) is 0.317. The molecule has 0 unspecified atom stereocenters. The summed E-state index contributed by atoms with van der Waals surface area (Å²) in [5.74, 6) is 6.11. The molecule has 0 aromatic carbocycles. The van der Waals surface area contributed by atoms with Crippen LogP contribution in [0.2, 0.25) is 0 Å². The molecule has 18 heavy (non-hydrogen) atoms. The number of carbonyl (C=O) groups is 1. The normalized spacial score (nSPS) is 8.17. The second-order valence-corrected chi connectivity index (χ2v) is 3.03. The van der Waals surface area contributed by atoms with Crippen LogP contribution in [-0.2, 0) is 27.5 Å². The molecule has 0 saturated carbocycles. The minimum absolute atomic E-state index is 0. The number of pyridine rings is 1. The van der Waals surface area contributed by atoms with E-state index in [0.717, 1.165) is 0 Å². The summed E-state index contributed by atoms with van der Waals surface area (Å²) in [6.45, 7) is 0. The monoisotopic (exact) mass is 326 g/mol. The number of aromatic nitrogens is 1. The standard InChI is InChI=1S/C6H7N3O.Fe.H2O4S.2H2O/c7-9-6(10)5-1-3-8-4-2-5;;1-5(2,3)4;;/h1-4H,(H3,7,8,9,10);;(H2,1,2,3,4);2*1H2/p-1. The molecule has 0 bridgehead atoms. The van der Waals surface area contributed by atoms with Crippen molar-refractivity contribution in [2.24, 2.45) is 0 Å². The van der Waals surface area contributed by atoms with Crippen LogP contribution in [0.25, 0.3) is 5.84 Å². The minimum atomic E-state index is -4.67. The van der Waals surface area contributed by atoms with E-state index in [-0.39, 0.29) is 28.0 Å². The third-order valence-electron chi connectivity index (χ3n) is 1.06. The second-order valence-electron chi connectivity index (χ2n) is 2.14. The van der Waals surface area contributed by atoms with Crippen molar-refractivity contribution in [1.82, 2.24) is 10.4 Å². The summed E-state index contributed by atoms with van der Waals surface area (Å²) in [7, 11) is -4.67. The molecule has 0 saturated heterocycles. The van der Waals surface area contributed by atoms with E-state index < -0.39 is 16.3 Å². The van der Waals surface area contributed by atoms with Gasteiger partial charge in [0.25, 0.3) is 0 Å². The zero-order chi connectivity index (χ0) is 11.9. The van der Waals surface area contributed by atoms with Crippen LogP contribution in [0.15, 0.2) is 24.5 Å². The third-order valence-corrected chi connectivity index (χ3v) is 1.06. The van der Waals surface area contributed by atoms with Crippen molar-refractivity contribution in [2.75, 3.05) is 0 Å². The SMILES string of the molecule is O.O.O=S(=O)(O)O.[Fe].[NH-]NC(=O)c1ccncc1. The predicted molar refractivity (Wildman–Crippen MR) is 57.4 cm³/mol. The molecule has 0 atom stereocenters. The number of hydrogen-bond acceptors (Lipinski definition) is 4. The number of nitrogens with zero attached hydrogens (tertiary/aromatic N) is 1. The average Bonchev–Trinajstić information content (AvgIpc) is 2.15. The predicted octanol–water partition coefficient (Wildman–Crippen LogP) is -1.53. The van der Waals surface area contributed by atoms with Crippen molar-refractivity contribution < 1.29 is 50.3 Å². The summed E-state index contributed by atoms with van der Waals surface area (Å²) in [5.41, 5.74) is 2.21. The number of carbonyl (C=O) groups excluding carboxylic acids is 1. The van der Waals surface area contributed by atoms with Gasteiger partial charge in [-0.15, -0.1) is 0 Å². The molecule has 0 spiro atoms. The first-order valence-corrected chi connectivity index (χ1v) is 4.81. The molecule has 1 rings (SSSR count). The van der Waals surface area contributed by atoms with Crippen LogP contribution >= 0.6 is 0 Å². The molecule has 108 valence electrons. The van der Waals surface area contributed by atoms with Gasteiger partial charge in [-0.3, -0.25) is 18.9 Å². The van der Waals surface area contributed by atoms with Gasteiger partial charge in [-0.25, -0.2) is 0 Å². The Morgan fingerprint density at radius 2 is 1.56 bits per heavy atom. The zero-order valence-electron chi connectivity index (χ0n) is 8.64. The minimum Gasteiger partial charge on any atom is -0.584 e. The van der Waals surface area contributed by atoms with Crippen LogP contribution < -0.4 is 5.43 Å². The molecule has 12 heteroatoms. The van der Waals surface area contributed by atoms with Gasteiger partial charge in [0, 0.05) is 35.0 Å². The first-order chi connectivity index (χ1) is 6.84. The molecule has 1 aromatic rings. The van der Waals surface area contributed by atoms with Crippen LogP contribution in [0.5, 0.6) is 0 Å². The Labute approximate surface area is 113 Å². The Kier molecular flexibility index (Phi) is 17.6. The van der Waals surface area contributed by atoms with Crippen molar-refractivity contribution in [3.63, 3.8) is 0 Å². The molecule has 0 fully saturated rings. The Bertz CT molecular complexity index is 404. The van der Waals surface area contributed by atoms with E-state index in [1.165, 1.54) is 12.4 Å². The van der Waals surface area contributed by atoms with Crippen LogP contribution in [0.1, 0.15) is 10.4 Å². The Morgan fingerprint density at radius 3 is 1.83 bits per heavy atom. The third kappa shape index (κ3) is 17.3. The van der Waals surface area contributed by atoms with Gasteiger partial charge in [-0.2, -0.15) is 8.42 Å². The fourth-order valence-electron chi connectivity index (χ4n) is 0.575. The smallest absolute Gasteiger partial charge is 0.394 e. The summed E-state index contributed by atoms with van der Waals surface area (Å²) in [5, 5.41) is 0. The van der Waals surface area contributed by atoms with Gasteiger partial charge in [0.1, 0.15) is 0 Å². The molecule has 0 aliphatic carbocycles. The van der Waals surface area contributed by atoms with Crippen molar-refractivity contribution in [1.29, 1.82) is 0 Å². The van der Waals surface area contributed by atoms with Gasteiger partial charge in [0.15, 0.2) is 0 Å². The van der Waals surface area contributed by atoms with E-state index in [9.17, 15) is 4.79 Å². The molecular weight excluding hydrogens is 314 g/mol. The fourth-order valence-corrected chi connectivity index (χ4v) is 0.575.